The van der Waals surface area contributed by atoms with Crippen LogP contribution < -0.4 is 0 Å². The fraction of sp³-hybridized carbons (Fsp3) is 0.765. The van der Waals surface area contributed by atoms with Crippen LogP contribution in [0.3, 0.4) is 0 Å². The first kappa shape index (κ1) is 17.1. The molecule has 140 valence electrons. The van der Waals surface area contributed by atoms with Gasteiger partial charge in [0, 0.05) is 19.0 Å². The lowest BCUT2D eigenvalue weighted by Crippen LogP contribution is -2.40. The highest BCUT2D eigenvalue weighted by molar-refractivity contribution is 5.77. The van der Waals surface area contributed by atoms with Gasteiger partial charge >= 0.3 is 0 Å². The predicted molar refractivity (Wildman–Crippen MR) is 91.2 cm³/mol. The first-order chi connectivity index (χ1) is 12.7. The van der Waals surface area contributed by atoms with Gasteiger partial charge in [-0.05, 0) is 37.8 Å². The fourth-order valence-corrected chi connectivity index (χ4v) is 3.91. The van der Waals surface area contributed by atoms with Crippen molar-refractivity contribution in [3.8, 4) is 0 Å². The molecule has 0 spiro atoms. The lowest BCUT2D eigenvalue weighted by molar-refractivity contribution is -0.132. The van der Waals surface area contributed by atoms with Crippen LogP contribution in [0.25, 0.3) is 0 Å². The minimum absolute atomic E-state index is 0.0292. The third-order valence-electron chi connectivity index (χ3n) is 5.43. The van der Waals surface area contributed by atoms with E-state index < -0.39 is 0 Å². The molecule has 0 radical (unpaired) electrons. The van der Waals surface area contributed by atoms with Gasteiger partial charge in [-0.3, -0.25) is 4.79 Å². The van der Waals surface area contributed by atoms with Crippen LogP contribution in [0.1, 0.15) is 74.4 Å². The van der Waals surface area contributed by atoms with Gasteiger partial charge in [-0.2, -0.15) is 9.78 Å². The zero-order valence-corrected chi connectivity index (χ0v) is 15.2. The second-order valence-corrected chi connectivity index (χ2v) is 7.33. The van der Waals surface area contributed by atoms with Gasteiger partial charge in [0.05, 0.1) is 6.04 Å². The zero-order valence-electron chi connectivity index (χ0n) is 15.2. The molecule has 3 heterocycles. The maximum absolute atomic E-state index is 12.4. The van der Waals surface area contributed by atoms with E-state index >= 15 is 0 Å². The van der Waals surface area contributed by atoms with Crippen molar-refractivity contribution in [3.05, 3.63) is 17.5 Å². The summed E-state index contributed by atoms with van der Waals surface area (Å²) in [4.78, 5) is 20.1. The van der Waals surface area contributed by atoms with E-state index in [1.54, 1.807) is 11.7 Å². The zero-order chi connectivity index (χ0) is 17.9. The summed E-state index contributed by atoms with van der Waals surface area (Å²) in [5.74, 6) is 2.33. The Morgan fingerprint density at radius 3 is 2.62 bits per heavy atom. The topological polar surface area (TPSA) is 103 Å². The van der Waals surface area contributed by atoms with Gasteiger partial charge in [-0.1, -0.05) is 24.4 Å². The Morgan fingerprint density at radius 1 is 1.15 bits per heavy atom. The molecule has 2 aliphatic rings. The molecule has 0 bridgehead atoms. The molecule has 2 fully saturated rings. The van der Waals surface area contributed by atoms with E-state index in [1.165, 1.54) is 32.1 Å². The fourth-order valence-electron chi connectivity index (χ4n) is 3.91. The average Bonchev–Trinajstić information content (AvgIpc) is 3.32. The van der Waals surface area contributed by atoms with Crippen molar-refractivity contribution >= 4 is 5.91 Å². The van der Waals surface area contributed by atoms with Gasteiger partial charge < -0.3 is 9.42 Å². The Hall–Kier alpha value is -2.32. The standard InChI is InChI=1S/C17H25N7O2/c1-12-18-15(26-21-12)11-16(25)23-9-7-14(8-10-23)24-20-17(19-22-24)13-5-3-2-4-6-13/h13-14H,2-11H2,1H3. The van der Waals surface area contributed by atoms with E-state index in [2.05, 4.69) is 25.6 Å². The molecule has 1 saturated heterocycles. The highest BCUT2D eigenvalue weighted by Gasteiger charge is 2.27. The smallest absolute Gasteiger partial charge is 0.236 e. The van der Waals surface area contributed by atoms with Crippen molar-refractivity contribution in [3.63, 3.8) is 0 Å². The normalized spacial score (nSPS) is 19.8. The second-order valence-electron chi connectivity index (χ2n) is 7.33. The summed E-state index contributed by atoms with van der Waals surface area (Å²) in [6, 6.07) is 0.217. The maximum atomic E-state index is 12.4. The van der Waals surface area contributed by atoms with Crippen LogP contribution in [0.4, 0.5) is 0 Å². The molecule has 2 aromatic heterocycles. The van der Waals surface area contributed by atoms with Gasteiger partial charge in [0.15, 0.2) is 11.6 Å². The quantitative estimate of drug-likeness (QED) is 0.820. The van der Waals surface area contributed by atoms with Crippen LogP contribution in [-0.2, 0) is 11.2 Å². The number of hydrogen-bond donors (Lipinski definition) is 0. The van der Waals surface area contributed by atoms with Gasteiger partial charge in [0.2, 0.25) is 11.8 Å². The largest absolute Gasteiger partial charge is 0.342 e. The molecule has 0 N–H and O–H groups in total. The average molecular weight is 359 g/mol. The monoisotopic (exact) mass is 359 g/mol. The van der Waals surface area contributed by atoms with Gasteiger partial charge in [0.25, 0.3) is 0 Å². The number of amides is 1. The Kier molecular flexibility index (Phi) is 4.94. The van der Waals surface area contributed by atoms with E-state index in [1.807, 2.05) is 4.90 Å². The molecule has 2 aromatic rings. The number of nitrogens with zero attached hydrogens (tertiary/aromatic N) is 7. The molecule has 9 nitrogen and oxygen atoms in total. The highest BCUT2D eigenvalue weighted by atomic mass is 16.5. The Labute approximate surface area is 152 Å². The SMILES string of the molecule is Cc1noc(CC(=O)N2CCC(n3nnc(C4CCCCC4)n3)CC2)n1. The van der Waals surface area contributed by atoms with Crippen molar-refractivity contribution in [2.45, 2.75) is 70.3 Å². The molecular weight excluding hydrogens is 334 g/mol. The Morgan fingerprint density at radius 2 is 1.92 bits per heavy atom. The molecule has 9 heteroatoms. The summed E-state index contributed by atoms with van der Waals surface area (Å²) in [7, 11) is 0. The summed E-state index contributed by atoms with van der Waals surface area (Å²) in [5, 5.41) is 17.0. The number of hydrogen-bond acceptors (Lipinski definition) is 7. The molecule has 0 aromatic carbocycles. The van der Waals surface area contributed by atoms with Crippen molar-refractivity contribution in [1.29, 1.82) is 0 Å². The number of aromatic nitrogens is 6. The molecule has 0 atom stereocenters. The number of aryl methyl sites for hydroxylation is 1. The first-order valence-corrected chi connectivity index (χ1v) is 9.55. The van der Waals surface area contributed by atoms with Crippen LogP contribution in [0.2, 0.25) is 0 Å². The van der Waals surface area contributed by atoms with Crippen LogP contribution >= 0.6 is 0 Å². The third kappa shape index (κ3) is 3.76. The minimum atomic E-state index is 0.0292. The summed E-state index contributed by atoms with van der Waals surface area (Å²) < 4.78 is 5.04. The van der Waals surface area contributed by atoms with Crippen molar-refractivity contribution in [1.82, 2.24) is 35.2 Å². The lowest BCUT2D eigenvalue weighted by Gasteiger charge is -2.31. The van der Waals surface area contributed by atoms with Crippen molar-refractivity contribution in [2.24, 2.45) is 0 Å². The van der Waals surface area contributed by atoms with Gasteiger partial charge in [0.1, 0.15) is 6.42 Å². The second kappa shape index (κ2) is 7.51. The summed E-state index contributed by atoms with van der Waals surface area (Å²) >= 11 is 0. The van der Waals surface area contributed by atoms with Gasteiger partial charge in [-0.15, -0.1) is 10.2 Å². The predicted octanol–water partition coefficient (Wildman–Crippen LogP) is 1.82. The van der Waals surface area contributed by atoms with Crippen molar-refractivity contribution in [2.75, 3.05) is 13.1 Å². The van der Waals surface area contributed by atoms with E-state index in [9.17, 15) is 4.79 Å². The number of likely N-dealkylation sites (tertiary alicyclic amines) is 1. The lowest BCUT2D eigenvalue weighted by atomic mass is 9.89. The van der Waals surface area contributed by atoms with Crippen LogP contribution in [0, 0.1) is 6.92 Å². The number of rotatable bonds is 4. The minimum Gasteiger partial charge on any atom is -0.342 e. The van der Waals surface area contributed by atoms with E-state index in [-0.39, 0.29) is 18.4 Å². The Balaban J connectivity index is 1.30. The molecule has 1 amide bonds. The third-order valence-corrected chi connectivity index (χ3v) is 5.43. The summed E-state index contributed by atoms with van der Waals surface area (Å²) in [6.07, 6.45) is 8.05. The van der Waals surface area contributed by atoms with E-state index in [4.69, 9.17) is 4.52 Å². The number of carbonyl (C=O) groups is 1. The first-order valence-electron chi connectivity index (χ1n) is 9.55. The molecular formula is C17H25N7O2. The van der Waals surface area contributed by atoms with Crippen LogP contribution in [-0.4, -0.2) is 54.2 Å². The summed E-state index contributed by atoms with van der Waals surface area (Å²) in [6.45, 7) is 3.13. The number of piperidine rings is 1. The summed E-state index contributed by atoms with van der Waals surface area (Å²) in [5.41, 5.74) is 0. The van der Waals surface area contributed by atoms with Crippen LogP contribution in [0.15, 0.2) is 4.52 Å². The maximum Gasteiger partial charge on any atom is 0.236 e. The Bertz CT molecular complexity index is 742. The number of tetrazole rings is 1. The molecule has 1 aliphatic carbocycles. The highest BCUT2D eigenvalue weighted by Crippen LogP contribution is 2.30. The number of carbonyl (C=O) groups excluding carboxylic acids is 1. The van der Waals surface area contributed by atoms with Crippen molar-refractivity contribution < 1.29 is 9.32 Å². The molecule has 1 saturated carbocycles. The van der Waals surface area contributed by atoms with Gasteiger partial charge in [-0.25, -0.2) is 0 Å². The molecule has 4 rings (SSSR count). The molecule has 1 aliphatic heterocycles. The van der Waals surface area contributed by atoms with Crippen LogP contribution in [0.5, 0.6) is 0 Å². The molecule has 26 heavy (non-hydrogen) atoms. The molecule has 0 unspecified atom stereocenters. The van der Waals surface area contributed by atoms with E-state index in [0.29, 0.717) is 30.7 Å². The van der Waals surface area contributed by atoms with E-state index in [0.717, 1.165) is 18.7 Å².